The molecule has 0 unspecified atom stereocenters. The topological polar surface area (TPSA) is 73.2 Å². The van der Waals surface area contributed by atoms with Gasteiger partial charge in [0.15, 0.2) is 5.69 Å². The van der Waals surface area contributed by atoms with Crippen LogP contribution in [0.4, 0.5) is 10.1 Å². The molecule has 3 aromatic carbocycles. The molecular weight excluding hydrogens is 421 g/mol. The third-order valence-electron chi connectivity index (χ3n) is 4.91. The first-order chi connectivity index (χ1) is 16.0. The van der Waals surface area contributed by atoms with Crippen LogP contribution in [0.1, 0.15) is 23.0 Å². The van der Waals surface area contributed by atoms with Gasteiger partial charge in [-0.3, -0.25) is 4.79 Å². The Labute approximate surface area is 190 Å². The zero-order valence-electron chi connectivity index (χ0n) is 18.0. The second kappa shape index (κ2) is 9.91. The van der Waals surface area contributed by atoms with Gasteiger partial charge >= 0.3 is 5.97 Å². The third-order valence-corrected chi connectivity index (χ3v) is 4.91. The first-order valence-corrected chi connectivity index (χ1v) is 10.5. The van der Waals surface area contributed by atoms with Crippen molar-refractivity contribution in [1.82, 2.24) is 9.78 Å². The number of anilines is 1. The molecule has 7 heteroatoms. The van der Waals surface area contributed by atoms with Gasteiger partial charge in [-0.2, -0.15) is 5.10 Å². The molecule has 0 spiro atoms. The van der Waals surface area contributed by atoms with E-state index in [1.165, 1.54) is 12.1 Å². The number of halogens is 1. The molecule has 4 rings (SSSR count). The number of hydrogen-bond acceptors (Lipinski definition) is 4. The summed E-state index contributed by atoms with van der Waals surface area (Å²) in [5, 5.41) is 7.29. The molecule has 0 bridgehead atoms. The smallest absolute Gasteiger partial charge is 0.358 e. The van der Waals surface area contributed by atoms with Gasteiger partial charge in [0, 0.05) is 11.3 Å². The van der Waals surface area contributed by atoms with Gasteiger partial charge in [0.25, 0.3) is 0 Å². The predicted octanol–water partition coefficient (Wildman–Crippen LogP) is 5.04. The fourth-order valence-corrected chi connectivity index (χ4v) is 3.41. The molecule has 0 radical (unpaired) electrons. The van der Waals surface area contributed by atoms with Crippen LogP contribution in [-0.2, 0) is 16.0 Å². The Balaban J connectivity index is 1.65. The summed E-state index contributed by atoms with van der Waals surface area (Å²) in [5.41, 5.74) is 3.57. The first kappa shape index (κ1) is 22.0. The summed E-state index contributed by atoms with van der Waals surface area (Å²) in [6.07, 6.45) is 0.256. The lowest BCUT2D eigenvalue weighted by atomic mass is 10.1. The molecule has 0 aliphatic rings. The van der Waals surface area contributed by atoms with Crippen molar-refractivity contribution >= 4 is 17.6 Å². The molecule has 0 fully saturated rings. The van der Waals surface area contributed by atoms with Crippen molar-refractivity contribution in [2.24, 2.45) is 0 Å². The Kier molecular flexibility index (Phi) is 6.59. The molecule has 1 heterocycles. The molecule has 33 heavy (non-hydrogen) atoms. The normalized spacial score (nSPS) is 10.6. The van der Waals surface area contributed by atoms with Gasteiger partial charge in [0.1, 0.15) is 5.82 Å². The van der Waals surface area contributed by atoms with Crippen molar-refractivity contribution in [2.45, 2.75) is 13.3 Å². The van der Waals surface area contributed by atoms with Crippen LogP contribution in [0, 0.1) is 5.82 Å². The summed E-state index contributed by atoms with van der Waals surface area (Å²) in [4.78, 5) is 24.8. The van der Waals surface area contributed by atoms with Crippen molar-refractivity contribution in [3.05, 3.63) is 102 Å². The molecule has 0 saturated carbocycles. The quantitative estimate of drug-likeness (QED) is 0.406. The highest BCUT2D eigenvalue weighted by molar-refractivity contribution is 5.93. The lowest BCUT2D eigenvalue weighted by Gasteiger charge is -2.10. The number of esters is 1. The molecule has 0 aliphatic carbocycles. The van der Waals surface area contributed by atoms with Crippen LogP contribution >= 0.6 is 0 Å². The fraction of sp³-hybridized carbons (Fsp3) is 0.115. The number of aromatic nitrogens is 2. The number of nitrogens with one attached hydrogen (secondary N) is 1. The van der Waals surface area contributed by atoms with Crippen molar-refractivity contribution in [3.8, 4) is 16.9 Å². The van der Waals surface area contributed by atoms with Crippen molar-refractivity contribution < 1.29 is 18.7 Å². The summed E-state index contributed by atoms with van der Waals surface area (Å²) in [6, 6.07) is 24.1. The van der Waals surface area contributed by atoms with E-state index >= 15 is 0 Å². The van der Waals surface area contributed by atoms with Gasteiger partial charge < -0.3 is 10.1 Å². The van der Waals surface area contributed by atoms with Crippen molar-refractivity contribution in [1.29, 1.82) is 0 Å². The molecule has 1 amide bonds. The van der Waals surface area contributed by atoms with Gasteiger partial charge in [-0.1, -0.05) is 42.5 Å². The molecule has 0 aliphatic heterocycles. The maximum absolute atomic E-state index is 13.4. The van der Waals surface area contributed by atoms with E-state index in [1.807, 2.05) is 36.4 Å². The average Bonchev–Trinajstić information content (AvgIpc) is 3.26. The third kappa shape index (κ3) is 5.33. The van der Waals surface area contributed by atoms with Gasteiger partial charge in [-0.25, -0.2) is 13.9 Å². The van der Waals surface area contributed by atoms with Crippen molar-refractivity contribution in [3.63, 3.8) is 0 Å². The van der Waals surface area contributed by atoms with Crippen LogP contribution in [0.5, 0.6) is 0 Å². The lowest BCUT2D eigenvalue weighted by molar-refractivity contribution is -0.115. The van der Waals surface area contributed by atoms with E-state index in [1.54, 1.807) is 48.0 Å². The summed E-state index contributed by atoms with van der Waals surface area (Å²) in [7, 11) is 0. The van der Waals surface area contributed by atoms with E-state index in [0.717, 1.165) is 11.1 Å². The number of ether oxygens (including phenoxy) is 1. The Morgan fingerprint density at radius 1 is 0.970 bits per heavy atom. The number of amides is 1. The molecule has 4 aromatic rings. The maximum Gasteiger partial charge on any atom is 0.358 e. The van der Waals surface area contributed by atoms with Crippen LogP contribution in [-0.4, -0.2) is 28.3 Å². The molecule has 6 nitrogen and oxygen atoms in total. The standard InChI is InChI=1S/C26H22FN3O3/c1-2-33-26(32)23-17-24(30(29-23)22-13-11-20(27)12-14-22)19-9-6-10-21(16-19)28-25(31)15-18-7-4-3-5-8-18/h3-14,16-17H,2,15H2,1H3,(H,28,31). The minimum absolute atomic E-state index is 0.134. The van der Waals surface area contributed by atoms with Crippen LogP contribution in [0.3, 0.4) is 0 Å². The monoisotopic (exact) mass is 443 g/mol. The van der Waals surface area contributed by atoms with E-state index < -0.39 is 5.97 Å². The Bertz CT molecular complexity index is 1270. The zero-order valence-corrected chi connectivity index (χ0v) is 18.0. The van der Waals surface area contributed by atoms with Crippen LogP contribution in [0.2, 0.25) is 0 Å². The summed E-state index contributed by atoms with van der Waals surface area (Å²) in [5.74, 6) is -1.06. The number of rotatable bonds is 7. The largest absolute Gasteiger partial charge is 0.461 e. The second-order valence-corrected chi connectivity index (χ2v) is 7.31. The Morgan fingerprint density at radius 3 is 2.45 bits per heavy atom. The van der Waals surface area contributed by atoms with E-state index in [4.69, 9.17) is 4.74 Å². The molecule has 0 saturated heterocycles. The Hall–Kier alpha value is -4.26. The van der Waals surface area contributed by atoms with Gasteiger partial charge in [-0.05, 0) is 55.0 Å². The highest BCUT2D eigenvalue weighted by atomic mass is 19.1. The fourth-order valence-electron chi connectivity index (χ4n) is 3.41. The zero-order chi connectivity index (χ0) is 23.2. The summed E-state index contributed by atoms with van der Waals surface area (Å²) < 4.78 is 20.1. The van der Waals surface area contributed by atoms with E-state index in [0.29, 0.717) is 17.1 Å². The highest BCUT2D eigenvalue weighted by Crippen LogP contribution is 2.27. The molecule has 166 valence electrons. The van der Waals surface area contributed by atoms with E-state index in [2.05, 4.69) is 10.4 Å². The number of hydrogen-bond donors (Lipinski definition) is 1. The van der Waals surface area contributed by atoms with Gasteiger partial charge in [-0.15, -0.1) is 0 Å². The molecule has 1 N–H and O–H groups in total. The minimum atomic E-state index is -0.549. The first-order valence-electron chi connectivity index (χ1n) is 10.5. The number of carbonyl (C=O) groups is 2. The predicted molar refractivity (Wildman–Crippen MR) is 124 cm³/mol. The number of carbonyl (C=O) groups excluding carboxylic acids is 2. The average molecular weight is 443 g/mol. The molecule has 1 aromatic heterocycles. The van der Waals surface area contributed by atoms with Crippen LogP contribution < -0.4 is 5.32 Å². The Morgan fingerprint density at radius 2 is 1.73 bits per heavy atom. The van der Waals surface area contributed by atoms with Gasteiger partial charge in [0.05, 0.1) is 24.4 Å². The number of nitrogens with zero attached hydrogens (tertiary/aromatic N) is 2. The lowest BCUT2D eigenvalue weighted by Crippen LogP contribution is -2.14. The summed E-state index contributed by atoms with van der Waals surface area (Å²) >= 11 is 0. The number of benzene rings is 3. The highest BCUT2D eigenvalue weighted by Gasteiger charge is 2.18. The molecule has 0 atom stereocenters. The van der Waals surface area contributed by atoms with E-state index in [-0.39, 0.29) is 30.4 Å². The van der Waals surface area contributed by atoms with Crippen LogP contribution in [0.25, 0.3) is 16.9 Å². The molecular formula is C26H22FN3O3. The van der Waals surface area contributed by atoms with Gasteiger partial charge in [0.2, 0.25) is 5.91 Å². The van der Waals surface area contributed by atoms with Crippen LogP contribution in [0.15, 0.2) is 84.9 Å². The minimum Gasteiger partial charge on any atom is -0.461 e. The maximum atomic E-state index is 13.4. The summed E-state index contributed by atoms with van der Waals surface area (Å²) in [6.45, 7) is 1.94. The SMILES string of the molecule is CCOC(=O)c1cc(-c2cccc(NC(=O)Cc3ccccc3)c2)n(-c2ccc(F)cc2)n1. The second-order valence-electron chi connectivity index (χ2n) is 7.31. The van der Waals surface area contributed by atoms with Crippen molar-refractivity contribution in [2.75, 3.05) is 11.9 Å². The van der Waals surface area contributed by atoms with E-state index in [9.17, 15) is 14.0 Å².